The van der Waals surface area contributed by atoms with E-state index in [0.29, 0.717) is 6.04 Å². The number of fused-ring (bicyclic) bond motifs is 1. The molecule has 1 aliphatic heterocycles. The molecule has 2 heteroatoms. The largest absolute Gasteiger partial charge is 0.311 e. The first-order valence-corrected chi connectivity index (χ1v) is 9.98. The van der Waals surface area contributed by atoms with E-state index in [4.69, 9.17) is 0 Å². The summed E-state index contributed by atoms with van der Waals surface area (Å²) in [5.41, 5.74) is 5.79. The molecule has 1 N–H and O–H groups in total. The molecule has 0 fully saturated rings. The van der Waals surface area contributed by atoms with E-state index in [-0.39, 0.29) is 0 Å². The maximum Gasteiger partial charge on any atom is 0.0240 e. The maximum absolute atomic E-state index is 3.62. The zero-order valence-electron chi connectivity index (χ0n) is 15.9. The van der Waals surface area contributed by atoms with Crippen LogP contribution in [0, 0.1) is 0 Å². The number of hydrogen-bond acceptors (Lipinski definition) is 2. The molecule has 1 atom stereocenters. The van der Waals surface area contributed by atoms with Gasteiger partial charge in [-0.1, -0.05) is 84.9 Å². The van der Waals surface area contributed by atoms with Crippen molar-refractivity contribution in [3.05, 3.63) is 107 Å². The zero-order chi connectivity index (χ0) is 18.3. The number of hydrogen-bond donors (Lipinski definition) is 1. The van der Waals surface area contributed by atoms with Gasteiger partial charge in [0.05, 0.1) is 0 Å². The Morgan fingerprint density at radius 3 is 2.11 bits per heavy atom. The van der Waals surface area contributed by atoms with Gasteiger partial charge in [-0.2, -0.15) is 0 Å². The Balaban J connectivity index is 1.39. The van der Waals surface area contributed by atoms with Gasteiger partial charge < -0.3 is 5.32 Å². The number of rotatable bonds is 7. The summed E-state index contributed by atoms with van der Waals surface area (Å²) in [4.78, 5) is 2.66. The van der Waals surface area contributed by atoms with E-state index >= 15 is 0 Å². The third kappa shape index (κ3) is 4.85. The van der Waals surface area contributed by atoms with Crippen LogP contribution in [0.15, 0.2) is 84.9 Å². The van der Waals surface area contributed by atoms with Crippen LogP contribution >= 0.6 is 0 Å². The van der Waals surface area contributed by atoms with Crippen LogP contribution in [0.25, 0.3) is 0 Å². The molecule has 1 heterocycles. The summed E-state index contributed by atoms with van der Waals surface area (Å²) in [7, 11) is 0. The van der Waals surface area contributed by atoms with Crippen LogP contribution in [0.2, 0.25) is 0 Å². The summed E-state index contributed by atoms with van der Waals surface area (Å²) >= 11 is 0. The maximum atomic E-state index is 3.62. The van der Waals surface area contributed by atoms with Gasteiger partial charge in [0.25, 0.3) is 0 Å². The Labute approximate surface area is 162 Å². The third-order valence-corrected chi connectivity index (χ3v) is 5.53. The van der Waals surface area contributed by atoms with Crippen LogP contribution in [0.3, 0.4) is 0 Å². The Bertz CT molecular complexity index is 829. The van der Waals surface area contributed by atoms with E-state index in [1.54, 1.807) is 0 Å². The van der Waals surface area contributed by atoms with Crippen molar-refractivity contribution >= 4 is 0 Å². The fourth-order valence-electron chi connectivity index (χ4n) is 4.04. The van der Waals surface area contributed by atoms with Crippen molar-refractivity contribution in [2.24, 2.45) is 0 Å². The van der Waals surface area contributed by atoms with Crippen molar-refractivity contribution in [2.45, 2.75) is 32.0 Å². The molecule has 3 aromatic rings. The molecule has 0 saturated heterocycles. The Kier molecular flexibility index (Phi) is 5.98. The van der Waals surface area contributed by atoms with Gasteiger partial charge in [-0.15, -0.1) is 0 Å². The van der Waals surface area contributed by atoms with E-state index < -0.39 is 0 Å². The summed E-state index contributed by atoms with van der Waals surface area (Å²) < 4.78 is 0. The van der Waals surface area contributed by atoms with Crippen molar-refractivity contribution in [3.63, 3.8) is 0 Å². The van der Waals surface area contributed by atoms with Gasteiger partial charge in [0.2, 0.25) is 0 Å². The average Bonchev–Trinajstić information content (AvgIpc) is 2.73. The first-order valence-electron chi connectivity index (χ1n) is 9.98. The first-order chi connectivity index (χ1) is 13.4. The number of benzene rings is 3. The second-order valence-corrected chi connectivity index (χ2v) is 7.45. The van der Waals surface area contributed by atoms with E-state index in [1.807, 2.05) is 0 Å². The van der Waals surface area contributed by atoms with E-state index in [9.17, 15) is 0 Å². The summed E-state index contributed by atoms with van der Waals surface area (Å²) in [5.74, 6) is 0. The monoisotopic (exact) mass is 356 g/mol. The SMILES string of the molecule is c1ccc(CNCCN2Cc3ccccc3CC2Cc2ccccc2)cc1. The second kappa shape index (κ2) is 8.98. The lowest BCUT2D eigenvalue weighted by molar-refractivity contribution is 0.170. The molecule has 1 aliphatic rings. The lowest BCUT2D eigenvalue weighted by atomic mass is 9.90. The highest BCUT2D eigenvalue weighted by molar-refractivity contribution is 5.31. The highest BCUT2D eigenvalue weighted by Crippen LogP contribution is 2.25. The fraction of sp³-hybridized carbons (Fsp3) is 0.280. The third-order valence-electron chi connectivity index (χ3n) is 5.53. The molecule has 27 heavy (non-hydrogen) atoms. The van der Waals surface area contributed by atoms with Crippen LogP contribution in [0.4, 0.5) is 0 Å². The minimum atomic E-state index is 0.570. The van der Waals surface area contributed by atoms with Gasteiger partial charge in [0.15, 0.2) is 0 Å². The highest BCUT2D eigenvalue weighted by Gasteiger charge is 2.25. The van der Waals surface area contributed by atoms with Crippen LogP contribution in [-0.2, 0) is 25.9 Å². The molecule has 0 aliphatic carbocycles. The fourth-order valence-corrected chi connectivity index (χ4v) is 4.04. The summed E-state index contributed by atoms with van der Waals surface area (Å²) in [6, 6.07) is 31.1. The minimum Gasteiger partial charge on any atom is -0.311 e. The van der Waals surface area contributed by atoms with Crippen molar-refractivity contribution in [1.82, 2.24) is 10.2 Å². The van der Waals surface area contributed by atoms with Gasteiger partial charge in [-0.25, -0.2) is 0 Å². The highest BCUT2D eigenvalue weighted by atomic mass is 15.2. The molecule has 0 bridgehead atoms. The van der Waals surface area contributed by atoms with Gasteiger partial charge in [-0.05, 0) is 35.1 Å². The standard InChI is InChI=1S/C25H28N2/c1-3-9-21(10-4-1)17-25-18-23-13-7-8-14-24(23)20-27(25)16-15-26-19-22-11-5-2-6-12-22/h1-14,25-26H,15-20H2. The molecule has 2 nitrogen and oxygen atoms in total. The Hall–Kier alpha value is -2.42. The van der Waals surface area contributed by atoms with Gasteiger partial charge in [0, 0.05) is 32.2 Å². The van der Waals surface area contributed by atoms with Gasteiger partial charge >= 0.3 is 0 Å². The van der Waals surface area contributed by atoms with Crippen molar-refractivity contribution in [2.75, 3.05) is 13.1 Å². The van der Waals surface area contributed by atoms with Crippen LogP contribution < -0.4 is 5.32 Å². The molecular weight excluding hydrogens is 328 g/mol. The molecule has 1 unspecified atom stereocenters. The van der Waals surface area contributed by atoms with E-state index in [0.717, 1.165) is 39.0 Å². The van der Waals surface area contributed by atoms with Crippen LogP contribution in [-0.4, -0.2) is 24.0 Å². The molecule has 4 rings (SSSR count). The average molecular weight is 357 g/mol. The zero-order valence-corrected chi connectivity index (χ0v) is 15.9. The molecule has 138 valence electrons. The first kappa shape index (κ1) is 18.0. The lowest BCUT2D eigenvalue weighted by Crippen LogP contribution is -2.44. The molecule has 0 spiro atoms. The molecule has 0 aromatic heterocycles. The second-order valence-electron chi connectivity index (χ2n) is 7.45. The van der Waals surface area contributed by atoms with Crippen molar-refractivity contribution in [1.29, 1.82) is 0 Å². The number of nitrogens with zero attached hydrogens (tertiary/aromatic N) is 1. The predicted molar refractivity (Wildman–Crippen MR) is 113 cm³/mol. The molecule has 0 saturated carbocycles. The topological polar surface area (TPSA) is 15.3 Å². The lowest BCUT2D eigenvalue weighted by Gasteiger charge is -2.37. The summed E-state index contributed by atoms with van der Waals surface area (Å²) in [6.07, 6.45) is 2.26. The van der Waals surface area contributed by atoms with Crippen LogP contribution in [0.1, 0.15) is 22.3 Å². The molecular formula is C25H28N2. The van der Waals surface area contributed by atoms with Crippen molar-refractivity contribution < 1.29 is 0 Å². The Morgan fingerprint density at radius 1 is 0.741 bits per heavy atom. The predicted octanol–water partition coefficient (Wildman–Crippen LogP) is 4.45. The molecule has 0 amide bonds. The molecule has 3 aromatic carbocycles. The van der Waals surface area contributed by atoms with Gasteiger partial charge in [0.1, 0.15) is 0 Å². The summed E-state index contributed by atoms with van der Waals surface area (Å²) in [6.45, 7) is 4.09. The van der Waals surface area contributed by atoms with Crippen molar-refractivity contribution in [3.8, 4) is 0 Å². The normalized spacial score (nSPS) is 16.8. The van der Waals surface area contributed by atoms with Crippen LogP contribution in [0.5, 0.6) is 0 Å². The smallest absolute Gasteiger partial charge is 0.0240 e. The summed E-state index contributed by atoms with van der Waals surface area (Å²) in [5, 5.41) is 3.62. The van der Waals surface area contributed by atoms with E-state index in [1.165, 1.54) is 22.3 Å². The Morgan fingerprint density at radius 2 is 1.37 bits per heavy atom. The number of nitrogens with one attached hydrogen (secondary N) is 1. The molecule has 0 radical (unpaired) electrons. The minimum absolute atomic E-state index is 0.570. The van der Waals surface area contributed by atoms with E-state index in [2.05, 4.69) is 95.1 Å². The van der Waals surface area contributed by atoms with Gasteiger partial charge in [-0.3, -0.25) is 4.90 Å². The quantitative estimate of drug-likeness (QED) is 0.629.